The molecular weight excluding hydrogens is 395 g/mol. The Morgan fingerprint density at radius 2 is 2.07 bits per heavy atom. The first kappa shape index (κ1) is 19.0. The molecule has 2 aliphatic rings. The van der Waals surface area contributed by atoms with Gasteiger partial charge in [0.2, 0.25) is 5.60 Å². The van der Waals surface area contributed by atoms with Gasteiger partial charge in [0.1, 0.15) is 0 Å². The van der Waals surface area contributed by atoms with Crippen LogP contribution >= 0.6 is 11.6 Å². The van der Waals surface area contributed by atoms with Crippen LogP contribution in [0.2, 0.25) is 5.02 Å². The summed E-state index contributed by atoms with van der Waals surface area (Å²) in [5.74, 6) is 0. The van der Waals surface area contributed by atoms with E-state index < -0.39 is 24.4 Å². The molecule has 0 bridgehead atoms. The standard InChI is InChI=1S/C19H17ClF3N3O2/c20-12-4-7-16-15(9-12)18(19(21,22)23,28-10-13-3-1-2-8-24-13)11-26(14-5-6-14)17(27)25-16/h1-4,7-9,14H,5-6,10-11H2,(H,25,27)/t18-/m0/s1. The van der Waals surface area contributed by atoms with Gasteiger partial charge in [0.05, 0.1) is 18.8 Å². The molecule has 28 heavy (non-hydrogen) atoms. The van der Waals surface area contributed by atoms with Gasteiger partial charge >= 0.3 is 12.2 Å². The number of hydrogen-bond donors (Lipinski definition) is 1. The van der Waals surface area contributed by atoms with Gasteiger partial charge in [-0.2, -0.15) is 13.2 Å². The molecule has 1 aliphatic carbocycles. The number of urea groups is 1. The summed E-state index contributed by atoms with van der Waals surface area (Å²) in [5, 5.41) is 2.71. The van der Waals surface area contributed by atoms with Crippen molar-refractivity contribution >= 4 is 23.3 Å². The van der Waals surface area contributed by atoms with Crippen LogP contribution in [0.4, 0.5) is 23.7 Å². The number of aromatic nitrogens is 1. The molecule has 1 fully saturated rings. The zero-order chi connectivity index (χ0) is 19.9. The zero-order valence-electron chi connectivity index (χ0n) is 14.7. The Kier molecular flexibility index (Phi) is 4.71. The van der Waals surface area contributed by atoms with Crippen LogP contribution in [0.1, 0.15) is 24.1 Å². The summed E-state index contributed by atoms with van der Waals surface area (Å²) < 4.78 is 49.1. The second-order valence-corrected chi connectivity index (χ2v) is 7.35. The van der Waals surface area contributed by atoms with Crippen molar-refractivity contribution in [3.8, 4) is 0 Å². The van der Waals surface area contributed by atoms with E-state index in [9.17, 15) is 18.0 Å². The number of fused-ring (bicyclic) bond motifs is 1. The number of anilines is 1. The fraction of sp³-hybridized carbons (Fsp3) is 0.368. The molecule has 9 heteroatoms. The maximum Gasteiger partial charge on any atom is 0.423 e. The SMILES string of the molecule is O=C1Nc2ccc(Cl)cc2[C@](OCc2ccccn2)(C(F)(F)F)CN1C1CC1. The van der Waals surface area contributed by atoms with E-state index in [4.69, 9.17) is 16.3 Å². The van der Waals surface area contributed by atoms with E-state index in [0.717, 1.165) is 0 Å². The second-order valence-electron chi connectivity index (χ2n) is 6.91. The number of alkyl halides is 3. The summed E-state index contributed by atoms with van der Waals surface area (Å²) in [6.45, 7) is -1.01. The number of halogens is 4. The molecule has 0 unspecified atom stereocenters. The molecule has 2 aromatic rings. The van der Waals surface area contributed by atoms with Crippen molar-refractivity contribution in [3.05, 3.63) is 58.9 Å². The molecule has 148 valence electrons. The van der Waals surface area contributed by atoms with Crippen LogP contribution in [-0.4, -0.2) is 34.7 Å². The molecule has 1 N–H and O–H groups in total. The molecule has 0 saturated heterocycles. The quantitative estimate of drug-likeness (QED) is 0.792. The van der Waals surface area contributed by atoms with Crippen LogP contribution in [0.25, 0.3) is 0 Å². The Labute approximate surface area is 164 Å². The molecule has 1 aliphatic heterocycles. The summed E-state index contributed by atoms with van der Waals surface area (Å²) in [4.78, 5) is 17.8. The maximum atomic E-state index is 14.5. The highest BCUT2D eigenvalue weighted by atomic mass is 35.5. The molecular formula is C19H17ClF3N3O2. The van der Waals surface area contributed by atoms with Crippen molar-refractivity contribution in [2.45, 2.75) is 37.3 Å². The van der Waals surface area contributed by atoms with E-state index in [1.165, 1.54) is 29.3 Å². The molecule has 1 aromatic carbocycles. The van der Waals surface area contributed by atoms with Crippen molar-refractivity contribution in [2.24, 2.45) is 0 Å². The minimum atomic E-state index is -4.79. The molecule has 2 amide bonds. The number of nitrogens with one attached hydrogen (secondary N) is 1. The third-order valence-corrected chi connectivity index (χ3v) is 5.19. The van der Waals surface area contributed by atoms with E-state index in [1.807, 2.05) is 0 Å². The van der Waals surface area contributed by atoms with Crippen LogP contribution in [0, 0.1) is 0 Å². The molecule has 4 rings (SSSR count). The molecule has 0 spiro atoms. The van der Waals surface area contributed by atoms with Gasteiger partial charge in [0.15, 0.2) is 0 Å². The average molecular weight is 412 g/mol. The highest BCUT2D eigenvalue weighted by Gasteiger charge is 2.61. The lowest BCUT2D eigenvalue weighted by Crippen LogP contribution is -2.53. The number of amides is 2. The van der Waals surface area contributed by atoms with Crippen LogP contribution in [0.5, 0.6) is 0 Å². The van der Waals surface area contributed by atoms with E-state index in [-0.39, 0.29) is 28.9 Å². The Morgan fingerprint density at radius 3 is 2.71 bits per heavy atom. The predicted octanol–water partition coefficient (Wildman–Crippen LogP) is 4.72. The average Bonchev–Trinajstić information content (AvgIpc) is 3.48. The number of carbonyl (C=O) groups excluding carboxylic acids is 1. The minimum Gasteiger partial charge on any atom is -0.353 e. The third-order valence-electron chi connectivity index (χ3n) is 4.95. The summed E-state index contributed by atoms with van der Waals surface area (Å²) in [6, 6.07) is 8.14. The van der Waals surface area contributed by atoms with Gasteiger partial charge in [0.25, 0.3) is 0 Å². The van der Waals surface area contributed by atoms with Gasteiger partial charge in [-0.05, 0) is 43.2 Å². The zero-order valence-corrected chi connectivity index (χ0v) is 15.4. The van der Waals surface area contributed by atoms with Gasteiger partial charge in [0, 0.05) is 28.5 Å². The summed E-state index contributed by atoms with van der Waals surface area (Å²) >= 11 is 6.01. The monoisotopic (exact) mass is 411 g/mol. The van der Waals surface area contributed by atoms with E-state index in [0.29, 0.717) is 18.5 Å². The fourth-order valence-electron chi connectivity index (χ4n) is 3.35. The Balaban J connectivity index is 1.82. The normalized spacial score (nSPS) is 22.4. The molecule has 1 atom stereocenters. The smallest absolute Gasteiger partial charge is 0.353 e. The van der Waals surface area contributed by atoms with Crippen LogP contribution < -0.4 is 5.32 Å². The van der Waals surface area contributed by atoms with Gasteiger partial charge in [-0.3, -0.25) is 4.98 Å². The van der Waals surface area contributed by atoms with Crippen LogP contribution in [-0.2, 0) is 16.9 Å². The maximum absolute atomic E-state index is 14.5. The van der Waals surface area contributed by atoms with Crippen LogP contribution in [0.3, 0.4) is 0 Å². The van der Waals surface area contributed by atoms with Crippen molar-refractivity contribution in [1.82, 2.24) is 9.88 Å². The van der Waals surface area contributed by atoms with Crippen molar-refractivity contribution in [2.75, 3.05) is 11.9 Å². The van der Waals surface area contributed by atoms with Gasteiger partial charge in [-0.15, -0.1) is 0 Å². The molecule has 1 saturated carbocycles. The van der Waals surface area contributed by atoms with E-state index >= 15 is 0 Å². The Morgan fingerprint density at radius 1 is 1.29 bits per heavy atom. The number of rotatable bonds is 4. The van der Waals surface area contributed by atoms with Crippen molar-refractivity contribution in [3.63, 3.8) is 0 Å². The Hall–Kier alpha value is -2.32. The number of pyridine rings is 1. The highest BCUT2D eigenvalue weighted by molar-refractivity contribution is 6.30. The lowest BCUT2D eigenvalue weighted by atomic mass is 9.90. The molecule has 2 heterocycles. The van der Waals surface area contributed by atoms with E-state index in [2.05, 4.69) is 10.3 Å². The number of hydrogen-bond acceptors (Lipinski definition) is 3. The first-order valence-electron chi connectivity index (χ1n) is 8.78. The summed E-state index contributed by atoms with van der Waals surface area (Å²) in [6.07, 6.45) is -1.98. The fourth-order valence-corrected chi connectivity index (χ4v) is 3.52. The first-order valence-corrected chi connectivity index (χ1v) is 9.16. The van der Waals surface area contributed by atoms with Gasteiger partial charge < -0.3 is 15.0 Å². The van der Waals surface area contributed by atoms with Gasteiger partial charge in [-0.1, -0.05) is 17.7 Å². The number of nitrogens with zero attached hydrogens (tertiary/aromatic N) is 2. The topological polar surface area (TPSA) is 54.5 Å². The number of carbonyl (C=O) groups is 1. The third kappa shape index (κ3) is 3.42. The molecule has 0 radical (unpaired) electrons. The number of benzene rings is 1. The first-order chi connectivity index (χ1) is 13.3. The lowest BCUT2D eigenvalue weighted by molar-refractivity contribution is -0.291. The number of ether oxygens (including phenoxy) is 1. The van der Waals surface area contributed by atoms with Crippen LogP contribution in [0.15, 0.2) is 42.6 Å². The highest BCUT2D eigenvalue weighted by Crippen LogP contribution is 2.49. The molecule has 5 nitrogen and oxygen atoms in total. The summed E-state index contributed by atoms with van der Waals surface area (Å²) in [5.41, 5.74) is -2.54. The minimum absolute atomic E-state index is 0.0379. The summed E-state index contributed by atoms with van der Waals surface area (Å²) in [7, 11) is 0. The predicted molar refractivity (Wildman–Crippen MR) is 97.0 cm³/mol. The van der Waals surface area contributed by atoms with E-state index in [1.54, 1.807) is 18.2 Å². The van der Waals surface area contributed by atoms with Gasteiger partial charge in [-0.25, -0.2) is 4.79 Å². The van der Waals surface area contributed by atoms with Crippen molar-refractivity contribution in [1.29, 1.82) is 0 Å². The van der Waals surface area contributed by atoms with Crippen molar-refractivity contribution < 1.29 is 22.7 Å². The lowest BCUT2D eigenvalue weighted by Gasteiger charge is -2.38. The Bertz CT molecular complexity index is 890. The molecule has 1 aromatic heterocycles. The second kappa shape index (κ2) is 6.93. The largest absolute Gasteiger partial charge is 0.423 e.